The second-order valence-electron chi connectivity index (χ2n) is 3.49. The predicted octanol–water partition coefficient (Wildman–Crippen LogP) is 0.483. The number of hydrogen-bond acceptors (Lipinski definition) is 3. The molecule has 0 bridgehead atoms. The first kappa shape index (κ1) is 10.7. The van der Waals surface area contributed by atoms with Crippen molar-refractivity contribution in [3.8, 4) is 0 Å². The molecule has 0 aromatic carbocycles. The first-order valence-corrected chi connectivity index (χ1v) is 4.95. The van der Waals surface area contributed by atoms with Gasteiger partial charge in [0, 0.05) is 26.2 Å². The van der Waals surface area contributed by atoms with Crippen LogP contribution in [-0.2, 0) is 4.74 Å². The van der Waals surface area contributed by atoms with Gasteiger partial charge in [-0.15, -0.1) is 0 Å². The van der Waals surface area contributed by atoms with Crippen LogP contribution in [0, 0.1) is 0 Å². The molecular formula is C10H20N2O. The largest absolute Gasteiger partial charge is 0.374 e. The van der Waals surface area contributed by atoms with E-state index in [4.69, 9.17) is 4.74 Å². The van der Waals surface area contributed by atoms with Gasteiger partial charge in [0.2, 0.25) is 0 Å². The maximum Gasteiger partial charge on any atom is 0.0826 e. The molecule has 0 saturated carbocycles. The number of ether oxygens (including phenoxy) is 1. The minimum atomic E-state index is 0.365. The highest BCUT2D eigenvalue weighted by Crippen LogP contribution is 1.98. The average molecular weight is 184 g/mol. The van der Waals surface area contributed by atoms with Gasteiger partial charge in [0.25, 0.3) is 0 Å². The molecule has 1 aliphatic heterocycles. The van der Waals surface area contributed by atoms with Gasteiger partial charge in [-0.05, 0) is 14.0 Å². The van der Waals surface area contributed by atoms with Gasteiger partial charge in [0.15, 0.2) is 0 Å². The lowest BCUT2D eigenvalue weighted by molar-refractivity contribution is 0.0118. The number of morpholine rings is 1. The van der Waals surface area contributed by atoms with E-state index in [0.29, 0.717) is 6.10 Å². The van der Waals surface area contributed by atoms with Crippen LogP contribution in [0.5, 0.6) is 0 Å². The predicted molar refractivity (Wildman–Crippen MR) is 54.9 cm³/mol. The Balaban J connectivity index is 2.14. The van der Waals surface area contributed by atoms with Crippen molar-refractivity contribution in [3.05, 3.63) is 12.2 Å². The van der Waals surface area contributed by atoms with Crippen LogP contribution >= 0.6 is 0 Å². The first-order valence-electron chi connectivity index (χ1n) is 4.95. The van der Waals surface area contributed by atoms with E-state index in [-0.39, 0.29) is 0 Å². The Morgan fingerprint density at radius 1 is 1.62 bits per heavy atom. The molecule has 0 amide bonds. The van der Waals surface area contributed by atoms with E-state index in [1.54, 1.807) is 0 Å². The monoisotopic (exact) mass is 184 g/mol. The lowest BCUT2D eigenvalue weighted by Gasteiger charge is -2.27. The van der Waals surface area contributed by atoms with E-state index < -0.39 is 0 Å². The van der Waals surface area contributed by atoms with Gasteiger partial charge < -0.3 is 15.0 Å². The summed E-state index contributed by atoms with van der Waals surface area (Å²) in [4.78, 5) is 2.28. The van der Waals surface area contributed by atoms with Crippen LogP contribution in [0.4, 0.5) is 0 Å². The van der Waals surface area contributed by atoms with E-state index in [0.717, 1.165) is 32.8 Å². The minimum Gasteiger partial charge on any atom is -0.374 e. The van der Waals surface area contributed by atoms with Crippen LogP contribution in [-0.4, -0.2) is 50.8 Å². The second kappa shape index (κ2) is 6.13. The first-order chi connectivity index (χ1) is 6.33. The number of allylic oxidation sites excluding steroid dienone is 1. The van der Waals surface area contributed by atoms with Crippen LogP contribution < -0.4 is 5.32 Å². The normalized spacial score (nSPS) is 24.4. The SMILES string of the molecule is C/C=C/CN(C)CC1CNCCO1. The molecule has 1 rings (SSSR count). The fourth-order valence-electron chi connectivity index (χ4n) is 1.44. The van der Waals surface area contributed by atoms with Crippen LogP contribution in [0.2, 0.25) is 0 Å². The Labute approximate surface area is 80.8 Å². The van der Waals surface area contributed by atoms with Gasteiger partial charge in [-0.25, -0.2) is 0 Å². The summed E-state index contributed by atoms with van der Waals surface area (Å²) >= 11 is 0. The summed E-state index contributed by atoms with van der Waals surface area (Å²) in [5.74, 6) is 0. The van der Waals surface area contributed by atoms with Gasteiger partial charge in [-0.2, -0.15) is 0 Å². The maximum atomic E-state index is 5.60. The summed E-state index contributed by atoms with van der Waals surface area (Å²) in [6.07, 6.45) is 4.61. The topological polar surface area (TPSA) is 24.5 Å². The van der Waals surface area contributed by atoms with Crippen molar-refractivity contribution >= 4 is 0 Å². The minimum absolute atomic E-state index is 0.365. The van der Waals surface area contributed by atoms with Crippen molar-refractivity contribution in [3.63, 3.8) is 0 Å². The number of hydrogen-bond donors (Lipinski definition) is 1. The van der Waals surface area contributed by atoms with Crippen molar-refractivity contribution in [2.24, 2.45) is 0 Å². The number of likely N-dealkylation sites (N-methyl/N-ethyl adjacent to an activating group) is 1. The lowest BCUT2D eigenvalue weighted by Crippen LogP contribution is -2.44. The third-order valence-electron chi connectivity index (χ3n) is 2.17. The third-order valence-corrected chi connectivity index (χ3v) is 2.17. The van der Waals surface area contributed by atoms with Crippen LogP contribution in [0.1, 0.15) is 6.92 Å². The zero-order chi connectivity index (χ0) is 9.52. The number of rotatable bonds is 4. The molecule has 0 radical (unpaired) electrons. The zero-order valence-corrected chi connectivity index (χ0v) is 8.62. The van der Waals surface area contributed by atoms with E-state index in [9.17, 15) is 0 Å². The highest BCUT2D eigenvalue weighted by atomic mass is 16.5. The van der Waals surface area contributed by atoms with E-state index in [2.05, 4.69) is 29.4 Å². The van der Waals surface area contributed by atoms with Gasteiger partial charge in [-0.1, -0.05) is 12.2 Å². The molecule has 1 N–H and O–H groups in total. The number of nitrogens with zero attached hydrogens (tertiary/aromatic N) is 1. The van der Waals surface area contributed by atoms with Crippen molar-refractivity contribution in [1.29, 1.82) is 0 Å². The molecule has 1 heterocycles. The van der Waals surface area contributed by atoms with Crippen LogP contribution in [0.15, 0.2) is 12.2 Å². The maximum absolute atomic E-state index is 5.60. The molecule has 0 aliphatic carbocycles. The van der Waals surface area contributed by atoms with Gasteiger partial charge in [-0.3, -0.25) is 0 Å². The summed E-state index contributed by atoms with van der Waals surface area (Å²) in [7, 11) is 2.12. The Hall–Kier alpha value is -0.380. The summed E-state index contributed by atoms with van der Waals surface area (Å²) in [5, 5.41) is 3.33. The molecule has 1 atom stereocenters. The zero-order valence-electron chi connectivity index (χ0n) is 8.62. The standard InChI is InChI=1S/C10H20N2O/c1-3-4-6-12(2)9-10-8-11-5-7-13-10/h3-4,10-11H,5-9H2,1-2H3/b4-3+. The summed E-state index contributed by atoms with van der Waals surface area (Å²) in [5.41, 5.74) is 0. The lowest BCUT2D eigenvalue weighted by atomic mass is 10.3. The van der Waals surface area contributed by atoms with Crippen molar-refractivity contribution in [2.75, 3.05) is 39.8 Å². The molecule has 0 aromatic heterocycles. The van der Waals surface area contributed by atoms with E-state index in [1.165, 1.54) is 0 Å². The van der Waals surface area contributed by atoms with Crippen LogP contribution in [0.3, 0.4) is 0 Å². The molecule has 0 spiro atoms. The fraction of sp³-hybridized carbons (Fsp3) is 0.800. The molecule has 1 fully saturated rings. The Bertz CT molecular complexity index is 153. The molecule has 0 aromatic rings. The molecule has 1 aliphatic rings. The van der Waals surface area contributed by atoms with E-state index >= 15 is 0 Å². The van der Waals surface area contributed by atoms with Crippen LogP contribution in [0.25, 0.3) is 0 Å². The molecule has 3 nitrogen and oxygen atoms in total. The quantitative estimate of drug-likeness (QED) is 0.643. The molecule has 3 heteroatoms. The Kier molecular flexibility index (Phi) is 5.05. The Morgan fingerprint density at radius 2 is 2.46 bits per heavy atom. The average Bonchev–Trinajstić information content (AvgIpc) is 2.16. The molecular weight excluding hydrogens is 164 g/mol. The Morgan fingerprint density at radius 3 is 3.08 bits per heavy atom. The molecule has 76 valence electrons. The van der Waals surface area contributed by atoms with Crippen molar-refractivity contribution < 1.29 is 4.74 Å². The van der Waals surface area contributed by atoms with Gasteiger partial charge in [0.05, 0.1) is 12.7 Å². The molecule has 13 heavy (non-hydrogen) atoms. The highest BCUT2D eigenvalue weighted by molar-refractivity contribution is 4.81. The van der Waals surface area contributed by atoms with Gasteiger partial charge in [0.1, 0.15) is 0 Å². The van der Waals surface area contributed by atoms with Crippen molar-refractivity contribution in [2.45, 2.75) is 13.0 Å². The highest BCUT2D eigenvalue weighted by Gasteiger charge is 2.14. The fourth-order valence-corrected chi connectivity index (χ4v) is 1.44. The van der Waals surface area contributed by atoms with Crippen molar-refractivity contribution in [1.82, 2.24) is 10.2 Å². The number of nitrogens with one attached hydrogen (secondary N) is 1. The molecule has 1 saturated heterocycles. The van der Waals surface area contributed by atoms with E-state index in [1.807, 2.05) is 6.92 Å². The summed E-state index contributed by atoms with van der Waals surface area (Å²) in [6, 6.07) is 0. The summed E-state index contributed by atoms with van der Waals surface area (Å²) in [6.45, 7) is 6.90. The third kappa shape index (κ3) is 4.41. The smallest absolute Gasteiger partial charge is 0.0826 e. The second-order valence-corrected chi connectivity index (χ2v) is 3.49. The molecule has 1 unspecified atom stereocenters. The van der Waals surface area contributed by atoms with Gasteiger partial charge >= 0.3 is 0 Å². The summed E-state index contributed by atoms with van der Waals surface area (Å²) < 4.78 is 5.60.